The van der Waals surface area contributed by atoms with E-state index in [4.69, 9.17) is 4.74 Å². The Morgan fingerprint density at radius 1 is 1.47 bits per heavy atom. The predicted octanol–water partition coefficient (Wildman–Crippen LogP) is 2.14. The van der Waals surface area contributed by atoms with Gasteiger partial charge in [0.25, 0.3) is 0 Å². The second kappa shape index (κ2) is 4.53. The van der Waals surface area contributed by atoms with Crippen molar-refractivity contribution < 1.29 is 14.6 Å². The number of nitrogens with one attached hydrogen (secondary N) is 1. The number of carboxylic acid groups (broad SMARTS) is 1. The fourth-order valence-electron chi connectivity index (χ4n) is 3.08. The standard InChI is InChI=1S/C15H19NO3/c1-16-13(15(6-7-15)14(17)18)11-4-5-12-10(9-11)3-2-8-19-12/h4-5,9,13,16H,2-3,6-8H2,1H3,(H,17,18). The van der Waals surface area contributed by atoms with Gasteiger partial charge in [-0.25, -0.2) is 0 Å². The number of aryl methyl sites for hydroxylation is 1. The van der Waals surface area contributed by atoms with Crippen molar-refractivity contribution >= 4 is 5.97 Å². The van der Waals surface area contributed by atoms with E-state index in [-0.39, 0.29) is 6.04 Å². The zero-order valence-corrected chi connectivity index (χ0v) is 11.1. The summed E-state index contributed by atoms with van der Waals surface area (Å²) < 4.78 is 5.60. The van der Waals surface area contributed by atoms with Crippen LogP contribution >= 0.6 is 0 Å². The second-order valence-corrected chi connectivity index (χ2v) is 5.50. The molecule has 1 aromatic rings. The van der Waals surface area contributed by atoms with E-state index in [1.165, 1.54) is 5.56 Å². The maximum absolute atomic E-state index is 11.5. The number of hydrogen-bond acceptors (Lipinski definition) is 3. The third-order valence-electron chi connectivity index (χ3n) is 4.32. The van der Waals surface area contributed by atoms with E-state index in [2.05, 4.69) is 11.4 Å². The highest BCUT2D eigenvalue weighted by Gasteiger charge is 2.56. The minimum Gasteiger partial charge on any atom is -0.493 e. The molecule has 102 valence electrons. The molecule has 1 heterocycles. The van der Waals surface area contributed by atoms with Gasteiger partial charge in [0.1, 0.15) is 5.75 Å². The van der Waals surface area contributed by atoms with Gasteiger partial charge in [-0.05, 0) is 49.9 Å². The number of benzene rings is 1. The molecule has 0 amide bonds. The van der Waals surface area contributed by atoms with Crippen LogP contribution in [0.25, 0.3) is 0 Å². The fourth-order valence-corrected chi connectivity index (χ4v) is 3.08. The number of aliphatic carboxylic acids is 1. The number of ether oxygens (including phenoxy) is 1. The molecule has 4 nitrogen and oxygen atoms in total. The number of carboxylic acids is 1. The Labute approximate surface area is 112 Å². The molecule has 1 saturated carbocycles. The van der Waals surface area contributed by atoms with Gasteiger partial charge in [0.2, 0.25) is 0 Å². The summed E-state index contributed by atoms with van der Waals surface area (Å²) in [5.74, 6) is 0.255. The topological polar surface area (TPSA) is 58.6 Å². The van der Waals surface area contributed by atoms with Crippen molar-refractivity contribution in [3.8, 4) is 5.75 Å². The number of carbonyl (C=O) groups is 1. The van der Waals surface area contributed by atoms with E-state index >= 15 is 0 Å². The first-order valence-corrected chi connectivity index (χ1v) is 6.84. The van der Waals surface area contributed by atoms with E-state index in [9.17, 15) is 9.90 Å². The molecule has 1 unspecified atom stereocenters. The molecule has 0 spiro atoms. The summed E-state index contributed by atoms with van der Waals surface area (Å²) in [5, 5.41) is 12.6. The molecule has 1 fully saturated rings. The molecule has 0 aromatic heterocycles. The van der Waals surface area contributed by atoms with Gasteiger partial charge in [0.05, 0.1) is 12.0 Å². The summed E-state index contributed by atoms with van der Waals surface area (Å²) in [7, 11) is 1.84. The minimum atomic E-state index is -0.694. The van der Waals surface area contributed by atoms with Gasteiger partial charge in [-0.2, -0.15) is 0 Å². The Kier molecular flexibility index (Phi) is 2.97. The lowest BCUT2D eigenvalue weighted by Gasteiger charge is -2.25. The molecule has 0 bridgehead atoms. The molecule has 19 heavy (non-hydrogen) atoms. The first-order chi connectivity index (χ1) is 9.17. The minimum absolute atomic E-state index is 0.114. The molecule has 1 aromatic carbocycles. The van der Waals surface area contributed by atoms with Crippen LogP contribution in [0, 0.1) is 5.41 Å². The molecule has 0 radical (unpaired) electrons. The van der Waals surface area contributed by atoms with Crippen LogP contribution in [0.4, 0.5) is 0 Å². The smallest absolute Gasteiger partial charge is 0.311 e. The van der Waals surface area contributed by atoms with Gasteiger partial charge >= 0.3 is 5.97 Å². The molecule has 1 atom stereocenters. The van der Waals surface area contributed by atoms with Crippen LogP contribution < -0.4 is 10.1 Å². The summed E-state index contributed by atoms with van der Waals surface area (Å²) in [4.78, 5) is 11.5. The average Bonchev–Trinajstić information content (AvgIpc) is 3.21. The van der Waals surface area contributed by atoms with Crippen LogP contribution in [0.15, 0.2) is 18.2 Å². The maximum Gasteiger partial charge on any atom is 0.311 e. The molecule has 3 rings (SSSR count). The van der Waals surface area contributed by atoms with Crippen LogP contribution in [0.2, 0.25) is 0 Å². The van der Waals surface area contributed by atoms with E-state index in [0.717, 1.165) is 43.6 Å². The normalized spacial score (nSPS) is 21.1. The Bertz CT molecular complexity index is 508. The van der Waals surface area contributed by atoms with Gasteiger partial charge < -0.3 is 15.2 Å². The van der Waals surface area contributed by atoms with Crippen molar-refractivity contribution in [1.82, 2.24) is 5.32 Å². The van der Waals surface area contributed by atoms with Crippen molar-refractivity contribution in [2.24, 2.45) is 5.41 Å². The zero-order chi connectivity index (χ0) is 13.5. The molecule has 2 aliphatic rings. The zero-order valence-electron chi connectivity index (χ0n) is 11.1. The monoisotopic (exact) mass is 261 g/mol. The van der Waals surface area contributed by atoms with E-state index < -0.39 is 11.4 Å². The SMILES string of the molecule is CNC(c1ccc2c(c1)CCCO2)C1(C(=O)O)CC1. The highest BCUT2D eigenvalue weighted by atomic mass is 16.5. The summed E-state index contributed by atoms with van der Waals surface area (Å²) in [5.41, 5.74) is 1.65. The quantitative estimate of drug-likeness (QED) is 0.871. The molecule has 0 saturated heterocycles. The lowest BCUT2D eigenvalue weighted by Crippen LogP contribution is -2.32. The van der Waals surface area contributed by atoms with E-state index in [0.29, 0.717) is 0 Å². The van der Waals surface area contributed by atoms with Gasteiger partial charge in [-0.1, -0.05) is 12.1 Å². The third-order valence-corrected chi connectivity index (χ3v) is 4.32. The van der Waals surface area contributed by atoms with Crippen LogP contribution in [0.5, 0.6) is 5.75 Å². The molecule has 1 aliphatic carbocycles. The number of rotatable bonds is 4. The lowest BCUT2D eigenvalue weighted by molar-refractivity contribution is -0.144. The van der Waals surface area contributed by atoms with E-state index in [1.807, 2.05) is 19.2 Å². The summed E-state index contributed by atoms with van der Waals surface area (Å²) >= 11 is 0. The summed E-state index contributed by atoms with van der Waals surface area (Å²) in [6, 6.07) is 5.97. The Morgan fingerprint density at radius 2 is 2.26 bits per heavy atom. The Hall–Kier alpha value is -1.55. The largest absolute Gasteiger partial charge is 0.493 e. The van der Waals surface area contributed by atoms with Crippen molar-refractivity contribution in [2.45, 2.75) is 31.7 Å². The van der Waals surface area contributed by atoms with Crippen molar-refractivity contribution in [3.63, 3.8) is 0 Å². The fraction of sp³-hybridized carbons (Fsp3) is 0.533. The highest BCUT2D eigenvalue weighted by molar-refractivity contribution is 5.79. The highest BCUT2D eigenvalue weighted by Crippen LogP contribution is 2.55. The summed E-state index contributed by atoms with van der Waals surface area (Å²) in [6.45, 7) is 0.779. The van der Waals surface area contributed by atoms with Gasteiger partial charge in [-0.15, -0.1) is 0 Å². The number of hydrogen-bond donors (Lipinski definition) is 2. The molecule has 4 heteroatoms. The first kappa shape index (κ1) is 12.5. The molecule has 1 aliphatic heterocycles. The maximum atomic E-state index is 11.5. The average molecular weight is 261 g/mol. The van der Waals surface area contributed by atoms with Crippen LogP contribution in [-0.2, 0) is 11.2 Å². The van der Waals surface area contributed by atoms with Gasteiger partial charge in [0.15, 0.2) is 0 Å². The van der Waals surface area contributed by atoms with Crippen LogP contribution in [0.1, 0.15) is 36.4 Å². The lowest BCUT2D eigenvalue weighted by atomic mass is 9.88. The summed E-state index contributed by atoms with van der Waals surface area (Å²) in [6.07, 6.45) is 3.55. The first-order valence-electron chi connectivity index (χ1n) is 6.84. The second-order valence-electron chi connectivity index (χ2n) is 5.50. The van der Waals surface area contributed by atoms with Crippen molar-refractivity contribution in [3.05, 3.63) is 29.3 Å². The Balaban J connectivity index is 1.94. The van der Waals surface area contributed by atoms with Crippen molar-refractivity contribution in [2.75, 3.05) is 13.7 Å². The van der Waals surface area contributed by atoms with Crippen LogP contribution in [-0.4, -0.2) is 24.7 Å². The van der Waals surface area contributed by atoms with Crippen molar-refractivity contribution in [1.29, 1.82) is 0 Å². The predicted molar refractivity (Wildman–Crippen MR) is 71.4 cm³/mol. The van der Waals surface area contributed by atoms with Crippen LogP contribution in [0.3, 0.4) is 0 Å². The Morgan fingerprint density at radius 3 is 2.89 bits per heavy atom. The molecular formula is C15H19NO3. The van der Waals surface area contributed by atoms with Gasteiger partial charge in [0, 0.05) is 6.04 Å². The van der Waals surface area contributed by atoms with Gasteiger partial charge in [-0.3, -0.25) is 4.79 Å². The molecular weight excluding hydrogens is 242 g/mol. The molecule has 2 N–H and O–H groups in total. The third kappa shape index (κ3) is 2.00. The number of fused-ring (bicyclic) bond motifs is 1. The van der Waals surface area contributed by atoms with E-state index in [1.54, 1.807) is 0 Å².